The van der Waals surface area contributed by atoms with Crippen LogP contribution < -0.4 is 0 Å². The third-order valence-corrected chi connectivity index (χ3v) is 5.24. The van der Waals surface area contributed by atoms with Crippen LogP contribution in [0.25, 0.3) is 0 Å². The van der Waals surface area contributed by atoms with E-state index < -0.39 is 6.10 Å². The maximum Gasteiger partial charge on any atom is 0.0657 e. The Kier molecular flexibility index (Phi) is 4.29. The first-order valence-corrected chi connectivity index (χ1v) is 7.20. The van der Waals surface area contributed by atoms with Gasteiger partial charge in [-0.1, -0.05) is 38.2 Å². The molecular formula is C16H26O2. The van der Waals surface area contributed by atoms with Crippen LogP contribution in [-0.4, -0.2) is 22.9 Å². The summed E-state index contributed by atoms with van der Waals surface area (Å²) in [7, 11) is 0. The van der Waals surface area contributed by atoms with E-state index in [1.165, 1.54) is 0 Å². The van der Waals surface area contributed by atoms with Crippen molar-refractivity contribution in [2.24, 2.45) is 23.2 Å². The second-order valence-corrected chi connectivity index (χ2v) is 6.23. The highest BCUT2D eigenvalue weighted by Crippen LogP contribution is 2.46. The molecule has 18 heavy (non-hydrogen) atoms. The van der Waals surface area contributed by atoms with Gasteiger partial charge in [0.15, 0.2) is 0 Å². The fourth-order valence-electron chi connectivity index (χ4n) is 3.60. The fourth-order valence-corrected chi connectivity index (χ4v) is 3.60. The molecule has 0 saturated carbocycles. The molecule has 0 aromatic rings. The first-order valence-electron chi connectivity index (χ1n) is 7.20. The van der Waals surface area contributed by atoms with Crippen molar-refractivity contribution in [3.8, 4) is 0 Å². The van der Waals surface area contributed by atoms with Crippen molar-refractivity contribution in [1.29, 1.82) is 0 Å². The van der Waals surface area contributed by atoms with Gasteiger partial charge in [-0.05, 0) is 43.4 Å². The van der Waals surface area contributed by atoms with Gasteiger partial charge in [0.1, 0.15) is 0 Å². The Morgan fingerprint density at radius 2 is 1.78 bits per heavy atom. The van der Waals surface area contributed by atoms with Crippen LogP contribution in [0, 0.1) is 23.2 Å². The number of aliphatic hydroxyl groups excluding tert-OH is 2. The minimum Gasteiger partial charge on any atom is -0.396 e. The summed E-state index contributed by atoms with van der Waals surface area (Å²) in [5.41, 5.74) is -0.334. The molecule has 5 atom stereocenters. The minimum atomic E-state index is -0.401. The largest absolute Gasteiger partial charge is 0.396 e. The summed E-state index contributed by atoms with van der Waals surface area (Å²) >= 11 is 0. The summed E-state index contributed by atoms with van der Waals surface area (Å²) < 4.78 is 0. The average Bonchev–Trinajstić information content (AvgIpc) is 2.39. The molecule has 0 aromatic carbocycles. The third-order valence-electron chi connectivity index (χ3n) is 5.24. The van der Waals surface area contributed by atoms with Crippen LogP contribution in [0.15, 0.2) is 24.3 Å². The second kappa shape index (κ2) is 5.58. The van der Waals surface area contributed by atoms with Gasteiger partial charge < -0.3 is 10.2 Å². The molecule has 2 N–H and O–H groups in total. The third kappa shape index (κ3) is 2.28. The quantitative estimate of drug-likeness (QED) is 0.756. The Balaban J connectivity index is 2.21. The van der Waals surface area contributed by atoms with E-state index in [9.17, 15) is 10.2 Å². The van der Waals surface area contributed by atoms with Crippen molar-refractivity contribution >= 4 is 0 Å². The van der Waals surface area contributed by atoms with Gasteiger partial charge in [0.2, 0.25) is 0 Å². The highest BCUT2D eigenvalue weighted by molar-refractivity contribution is 5.07. The average molecular weight is 250 g/mol. The van der Waals surface area contributed by atoms with Crippen LogP contribution in [0.5, 0.6) is 0 Å². The van der Waals surface area contributed by atoms with Crippen LogP contribution >= 0.6 is 0 Å². The molecule has 2 rings (SSSR count). The Morgan fingerprint density at radius 1 is 1.11 bits per heavy atom. The molecule has 2 nitrogen and oxygen atoms in total. The molecule has 0 saturated heterocycles. The van der Waals surface area contributed by atoms with Crippen molar-refractivity contribution in [3.63, 3.8) is 0 Å². The van der Waals surface area contributed by atoms with Crippen LogP contribution in [0.3, 0.4) is 0 Å². The molecule has 0 spiro atoms. The SMILES string of the molecule is C[C@@H]1CC=CC[C@@H]1[C@H](O)[C@]1(CO)CC=CC[C@H]1C. The van der Waals surface area contributed by atoms with Gasteiger partial charge in [0.05, 0.1) is 12.7 Å². The number of rotatable bonds is 3. The minimum absolute atomic E-state index is 0.0899. The number of hydrogen-bond donors (Lipinski definition) is 2. The summed E-state index contributed by atoms with van der Waals surface area (Å²) in [5, 5.41) is 20.7. The number of hydrogen-bond acceptors (Lipinski definition) is 2. The predicted octanol–water partition coefficient (Wildman–Crippen LogP) is 2.91. The first kappa shape index (κ1) is 13.8. The first-order chi connectivity index (χ1) is 8.62. The highest BCUT2D eigenvalue weighted by atomic mass is 16.3. The smallest absolute Gasteiger partial charge is 0.0657 e. The molecule has 0 radical (unpaired) electrons. The zero-order valence-electron chi connectivity index (χ0n) is 11.5. The van der Waals surface area contributed by atoms with E-state index >= 15 is 0 Å². The molecule has 2 aliphatic rings. The van der Waals surface area contributed by atoms with Crippen molar-refractivity contribution in [3.05, 3.63) is 24.3 Å². The van der Waals surface area contributed by atoms with Gasteiger partial charge in [-0.15, -0.1) is 0 Å². The number of allylic oxidation sites excluding steroid dienone is 4. The molecular weight excluding hydrogens is 224 g/mol. The molecule has 0 heterocycles. The topological polar surface area (TPSA) is 40.5 Å². The van der Waals surface area contributed by atoms with Crippen LogP contribution in [0.2, 0.25) is 0 Å². The Bertz CT molecular complexity index is 334. The molecule has 0 unspecified atom stereocenters. The lowest BCUT2D eigenvalue weighted by Gasteiger charge is -2.47. The summed E-state index contributed by atoms with van der Waals surface area (Å²) in [6.07, 6.45) is 12.1. The maximum atomic E-state index is 10.9. The standard InChI is InChI=1S/C16H26O2/c1-12-7-3-4-9-14(12)15(18)16(11-17)10-6-5-8-13(16)2/h3-6,12-15,17-18H,7-11H2,1-2H3/t12-,13-,14+,15+,16+/m1/s1. The van der Waals surface area contributed by atoms with Crippen LogP contribution in [-0.2, 0) is 0 Å². The van der Waals surface area contributed by atoms with Crippen molar-refractivity contribution < 1.29 is 10.2 Å². The van der Waals surface area contributed by atoms with Gasteiger partial charge in [0, 0.05) is 5.41 Å². The lowest BCUT2D eigenvalue weighted by atomic mass is 9.61. The van der Waals surface area contributed by atoms with Crippen molar-refractivity contribution in [2.45, 2.75) is 45.6 Å². The summed E-state index contributed by atoms with van der Waals surface area (Å²) in [4.78, 5) is 0. The normalized spacial score (nSPS) is 41.9. The predicted molar refractivity (Wildman–Crippen MR) is 74.1 cm³/mol. The molecule has 0 fully saturated rings. The molecule has 2 heteroatoms. The van der Waals surface area contributed by atoms with Crippen LogP contribution in [0.4, 0.5) is 0 Å². The van der Waals surface area contributed by atoms with Gasteiger partial charge in [-0.3, -0.25) is 0 Å². The van der Waals surface area contributed by atoms with E-state index in [1.54, 1.807) is 0 Å². The molecule has 0 aliphatic heterocycles. The van der Waals surface area contributed by atoms with Crippen LogP contribution in [0.1, 0.15) is 39.5 Å². The lowest BCUT2D eigenvalue weighted by Crippen LogP contribution is -2.50. The second-order valence-electron chi connectivity index (χ2n) is 6.23. The van der Waals surface area contributed by atoms with E-state index in [-0.39, 0.29) is 17.9 Å². The zero-order chi connectivity index (χ0) is 13.2. The van der Waals surface area contributed by atoms with Gasteiger partial charge >= 0.3 is 0 Å². The maximum absolute atomic E-state index is 10.9. The van der Waals surface area contributed by atoms with E-state index in [2.05, 4.69) is 38.2 Å². The summed E-state index contributed by atoms with van der Waals surface area (Å²) in [6, 6.07) is 0. The number of aliphatic hydroxyl groups is 2. The Hall–Kier alpha value is -0.600. The molecule has 2 aliphatic carbocycles. The lowest BCUT2D eigenvalue weighted by molar-refractivity contribution is -0.0948. The van der Waals surface area contributed by atoms with Gasteiger partial charge in [-0.2, -0.15) is 0 Å². The Labute approximate surface area is 110 Å². The van der Waals surface area contributed by atoms with Gasteiger partial charge in [-0.25, -0.2) is 0 Å². The monoisotopic (exact) mass is 250 g/mol. The van der Waals surface area contributed by atoms with Crippen molar-refractivity contribution in [1.82, 2.24) is 0 Å². The van der Waals surface area contributed by atoms with Gasteiger partial charge in [0.25, 0.3) is 0 Å². The van der Waals surface area contributed by atoms with E-state index in [0.29, 0.717) is 11.8 Å². The summed E-state index contributed by atoms with van der Waals surface area (Å²) in [5.74, 6) is 1.14. The van der Waals surface area contributed by atoms with Crippen molar-refractivity contribution in [2.75, 3.05) is 6.61 Å². The molecule has 102 valence electrons. The highest BCUT2D eigenvalue weighted by Gasteiger charge is 2.46. The molecule has 0 aromatic heterocycles. The van der Waals surface area contributed by atoms with E-state index in [0.717, 1.165) is 25.7 Å². The van der Waals surface area contributed by atoms with E-state index in [4.69, 9.17) is 0 Å². The molecule has 0 bridgehead atoms. The summed E-state index contributed by atoms with van der Waals surface area (Å²) in [6.45, 7) is 4.46. The Morgan fingerprint density at radius 3 is 2.39 bits per heavy atom. The fraction of sp³-hybridized carbons (Fsp3) is 0.750. The van der Waals surface area contributed by atoms with E-state index in [1.807, 2.05) is 0 Å². The molecule has 0 amide bonds. The zero-order valence-corrected chi connectivity index (χ0v) is 11.5.